The van der Waals surface area contributed by atoms with Crippen LogP contribution in [0.25, 0.3) is 0 Å². The molecule has 7 unspecified atom stereocenters. The van der Waals surface area contributed by atoms with E-state index in [-0.39, 0.29) is 0 Å². The largest absolute Gasteiger partial charge is 0.396 e. The smallest absolute Gasteiger partial charge is 0.0431 e. The molecule has 3 fully saturated rings. The fourth-order valence-electron chi connectivity index (χ4n) is 9.57. The van der Waals surface area contributed by atoms with Crippen LogP contribution in [0, 0.1) is 53.3 Å². The molecule has 1 N–H and O–H groups in total. The van der Waals surface area contributed by atoms with Gasteiger partial charge in [0.1, 0.15) is 0 Å². The van der Waals surface area contributed by atoms with E-state index in [9.17, 15) is 0 Å². The summed E-state index contributed by atoms with van der Waals surface area (Å²) in [5.74, 6) is 9.22. The average Bonchev–Trinajstić information content (AvgIpc) is 2.93. The molecule has 36 heavy (non-hydrogen) atoms. The summed E-state index contributed by atoms with van der Waals surface area (Å²) in [7, 11) is 0. The maximum absolute atomic E-state index is 9.08. The van der Waals surface area contributed by atoms with E-state index in [2.05, 4.69) is 27.7 Å². The summed E-state index contributed by atoms with van der Waals surface area (Å²) < 4.78 is 0. The first-order chi connectivity index (χ1) is 17.6. The van der Waals surface area contributed by atoms with Gasteiger partial charge < -0.3 is 5.11 Å². The van der Waals surface area contributed by atoms with Crippen LogP contribution in [0.15, 0.2) is 0 Å². The molecule has 3 saturated carbocycles. The van der Waals surface area contributed by atoms with Crippen molar-refractivity contribution >= 4 is 0 Å². The van der Waals surface area contributed by atoms with Crippen molar-refractivity contribution in [3.8, 4) is 0 Å². The molecule has 0 bridgehead atoms. The highest BCUT2D eigenvalue weighted by Gasteiger charge is 2.41. The van der Waals surface area contributed by atoms with Gasteiger partial charge in [-0.2, -0.15) is 0 Å². The topological polar surface area (TPSA) is 20.2 Å². The first-order valence-corrected chi connectivity index (χ1v) is 17.2. The van der Waals surface area contributed by atoms with Gasteiger partial charge in [-0.25, -0.2) is 0 Å². The van der Waals surface area contributed by atoms with Crippen molar-refractivity contribution in [3.63, 3.8) is 0 Å². The molecule has 0 amide bonds. The molecule has 0 radical (unpaired) electrons. The van der Waals surface area contributed by atoms with Gasteiger partial charge in [0.2, 0.25) is 0 Å². The van der Waals surface area contributed by atoms with Crippen LogP contribution in [0.3, 0.4) is 0 Å². The highest BCUT2D eigenvalue weighted by Crippen LogP contribution is 2.51. The zero-order valence-corrected chi connectivity index (χ0v) is 25.2. The van der Waals surface area contributed by atoms with Gasteiger partial charge in [-0.15, -0.1) is 0 Å². The third-order valence-corrected chi connectivity index (χ3v) is 11.9. The van der Waals surface area contributed by atoms with Crippen LogP contribution < -0.4 is 0 Å². The highest BCUT2D eigenvalue weighted by atomic mass is 16.2. The minimum Gasteiger partial charge on any atom is -0.396 e. The highest BCUT2D eigenvalue weighted by molar-refractivity contribution is 4.92. The molecule has 212 valence electrons. The van der Waals surface area contributed by atoms with E-state index in [1.807, 2.05) is 0 Å². The van der Waals surface area contributed by atoms with E-state index in [0.29, 0.717) is 6.61 Å². The predicted octanol–water partition coefficient (Wildman–Crippen LogP) is 10.8. The van der Waals surface area contributed by atoms with E-state index in [1.54, 1.807) is 44.9 Å². The summed E-state index contributed by atoms with van der Waals surface area (Å²) in [5.41, 5.74) is 0. The summed E-state index contributed by atoms with van der Waals surface area (Å²) in [6.07, 6.45) is 30.5. The number of unbranched alkanes of at least 4 members (excludes halogenated alkanes) is 3. The van der Waals surface area contributed by atoms with Crippen molar-refractivity contribution in [1.29, 1.82) is 0 Å². The Hall–Kier alpha value is -0.0400. The molecule has 0 aromatic rings. The normalized spacial score (nSPS) is 36.6. The lowest BCUT2D eigenvalue weighted by molar-refractivity contribution is 0.0280. The first kappa shape index (κ1) is 30.5. The van der Waals surface area contributed by atoms with Gasteiger partial charge >= 0.3 is 0 Å². The van der Waals surface area contributed by atoms with E-state index >= 15 is 0 Å². The van der Waals surface area contributed by atoms with Crippen molar-refractivity contribution in [1.82, 2.24) is 0 Å². The molecular weight excluding hydrogens is 436 g/mol. The molecule has 0 aromatic heterocycles. The average molecular weight is 503 g/mol. The Morgan fingerprint density at radius 1 is 0.639 bits per heavy atom. The molecule has 0 heterocycles. The maximum Gasteiger partial charge on any atom is 0.0431 e. The van der Waals surface area contributed by atoms with Crippen LogP contribution in [0.2, 0.25) is 0 Å². The van der Waals surface area contributed by atoms with Crippen LogP contribution in [0.4, 0.5) is 0 Å². The van der Waals surface area contributed by atoms with Crippen LogP contribution in [-0.2, 0) is 0 Å². The number of aliphatic hydroxyl groups excluding tert-OH is 1. The number of hydrogen-bond donors (Lipinski definition) is 1. The fraction of sp³-hybridized carbons (Fsp3) is 1.00. The lowest BCUT2D eigenvalue weighted by Crippen LogP contribution is -2.38. The predicted molar refractivity (Wildman–Crippen MR) is 158 cm³/mol. The van der Waals surface area contributed by atoms with E-state index in [1.165, 1.54) is 83.5 Å². The third kappa shape index (κ3) is 9.02. The van der Waals surface area contributed by atoms with Gasteiger partial charge in [-0.05, 0) is 111 Å². The summed E-state index contributed by atoms with van der Waals surface area (Å²) in [6.45, 7) is 10.2. The zero-order chi connectivity index (χ0) is 25.8. The summed E-state index contributed by atoms with van der Waals surface area (Å²) in [4.78, 5) is 0. The van der Waals surface area contributed by atoms with Crippen LogP contribution >= 0.6 is 0 Å². The molecule has 1 nitrogen and oxygen atoms in total. The number of aliphatic hydroxyl groups is 1. The van der Waals surface area contributed by atoms with Crippen LogP contribution in [0.5, 0.6) is 0 Å². The van der Waals surface area contributed by atoms with Crippen LogP contribution in [0.1, 0.15) is 163 Å². The Balaban J connectivity index is 1.45. The molecule has 3 aliphatic rings. The third-order valence-electron chi connectivity index (χ3n) is 11.9. The summed E-state index contributed by atoms with van der Waals surface area (Å²) in [5, 5.41) is 9.08. The monoisotopic (exact) mass is 503 g/mol. The summed E-state index contributed by atoms with van der Waals surface area (Å²) >= 11 is 0. The minimum absolute atomic E-state index is 0.380. The molecule has 3 aliphatic carbocycles. The molecule has 0 saturated heterocycles. The van der Waals surface area contributed by atoms with Gasteiger partial charge in [0.15, 0.2) is 0 Å². The van der Waals surface area contributed by atoms with E-state index in [4.69, 9.17) is 5.11 Å². The van der Waals surface area contributed by atoms with Gasteiger partial charge in [0.05, 0.1) is 0 Å². The molecule has 3 rings (SSSR count). The fourth-order valence-corrected chi connectivity index (χ4v) is 9.57. The van der Waals surface area contributed by atoms with Gasteiger partial charge in [-0.1, -0.05) is 105 Å². The molecule has 0 aromatic carbocycles. The van der Waals surface area contributed by atoms with Gasteiger partial charge in [-0.3, -0.25) is 0 Å². The van der Waals surface area contributed by atoms with Crippen LogP contribution in [-0.4, -0.2) is 11.7 Å². The summed E-state index contributed by atoms with van der Waals surface area (Å²) in [6, 6.07) is 0. The lowest BCUT2D eigenvalue weighted by atomic mass is 9.58. The van der Waals surface area contributed by atoms with Crippen molar-refractivity contribution in [2.45, 2.75) is 163 Å². The van der Waals surface area contributed by atoms with Crippen molar-refractivity contribution < 1.29 is 5.11 Å². The second-order valence-electron chi connectivity index (χ2n) is 13.9. The quantitative estimate of drug-likeness (QED) is 0.221. The second-order valence-corrected chi connectivity index (χ2v) is 13.9. The Kier molecular flexibility index (Phi) is 14.3. The van der Waals surface area contributed by atoms with E-state index < -0.39 is 0 Å². The molecule has 1 heteroatoms. The molecule has 0 aliphatic heterocycles. The number of rotatable bonds is 15. The lowest BCUT2D eigenvalue weighted by Gasteiger charge is -2.48. The molecule has 7 atom stereocenters. The van der Waals surface area contributed by atoms with Gasteiger partial charge in [0, 0.05) is 6.61 Å². The van der Waals surface area contributed by atoms with Gasteiger partial charge in [0.25, 0.3) is 0 Å². The zero-order valence-electron chi connectivity index (χ0n) is 25.2. The second kappa shape index (κ2) is 16.8. The molecular formula is C35H66O. The Bertz CT molecular complexity index is 549. The molecule has 0 spiro atoms. The Labute approximate surface area is 227 Å². The maximum atomic E-state index is 9.08. The van der Waals surface area contributed by atoms with Crippen molar-refractivity contribution in [2.24, 2.45) is 53.3 Å². The van der Waals surface area contributed by atoms with E-state index in [0.717, 1.165) is 59.7 Å². The number of hydrogen-bond acceptors (Lipinski definition) is 1. The Morgan fingerprint density at radius 3 is 1.94 bits per heavy atom. The Morgan fingerprint density at radius 2 is 1.28 bits per heavy atom. The van der Waals surface area contributed by atoms with Crippen molar-refractivity contribution in [3.05, 3.63) is 0 Å². The SMILES string of the molecule is CCCCC(CC)CC1CCC(C2CCC(C3CCC(CCCCCO)CC3CC)CC2CC)CC1. The van der Waals surface area contributed by atoms with Crippen molar-refractivity contribution in [2.75, 3.05) is 6.61 Å². The first-order valence-electron chi connectivity index (χ1n) is 17.2. The minimum atomic E-state index is 0.380. The standard InChI is InChI=1S/C35H66O/c1-5-9-13-27(6-2)24-29-15-18-32(19-16-29)34-22-20-33(26-31(34)8-4)35-21-17-28(25-30(35)7-3)14-11-10-12-23-36/h27-36H,5-26H2,1-4H3.